The minimum absolute atomic E-state index is 0.0417. The van der Waals surface area contributed by atoms with E-state index in [9.17, 15) is 4.39 Å². The average Bonchev–Trinajstić information content (AvgIpc) is 2.78. The molecule has 1 saturated heterocycles. The van der Waals surface area contributed by atoms with E-state index in [0.717, 1.165) is 23.0 Å². The summed E-state index contributed by atoms with van der Waals surface area (Å²) in [4.78, 5) is 0. The standard InChI is InChI=1S/C12H16BrFN2/c1-15-12(11-3-2-6-16-11)9-7-8(13)4-5-10(9)14/h4-5,7,11-12,15-16H,2-3,6H2,1H3. The average molecular weight is 287 g/mol. The molecular formula is C12H16BrFN2. The Balaban J connectivity index is 2.28. The molecule has 1 aromatic carbocycles. The van der Waals surface area contributed by atoms with Gasteiger partial charge < -0.3 is 10.6 Å². The Morgan fingerprint density at radius 3 is 3.00 bits per heavy atom. The van der Waals surface area contributed by atoms with E-state index in [1.807, 2.05) is 13.1 Å². The molecule has 2 nitrogen and oxygen atoms in total. The first kappa shape index (κ1) is 12.0. The van der Waals surface area contributed by atoms with E-state index >= 15 is 0 Å². The molecule has 1 aliphatic rings. The Labute approximate surface area is 104 Å². The second-order valence-electron chi connectivity index (χ2n) is 4.14. The molecule has 1 aromatic rings. The van der Waals surface area contributed by atoms with Gasteiger partial charge in [-0.2, -0.15) is 0 Å². The minimum Gasteiger partial charge on any atom is -0.312 e. The second-order valence-corrected chi connectivity index (χ2v) is 5.05. The van der Waals surface area contributed by atoms with Crippen LogP contribution < -0.4 is 10.6 Å². The zero-order valence-corrected chi connectivity index (χ0v) is 10.8. The van der Waals surface area contributed by atoms with Gasteiger partial charge >= 0.3 is 0 Å². The highest BCUT2D eigenvalue weighted by Crippen LogP contribution is 2.27. The van der Waals surface area contributed by atoms with Crippen LogP contribution in [0, 0.1) is 5.82 Å². The van der Waals surface area contributed by atoms with E-state index in [1.165, 1.54) is 12.5 Å². The first-order valence-corrected chi connectivity index (χ1v) is 6.37. The third kappa shape index (κ3) is 2.44. The molecule has 1 aliphatic heterocycles. The van der Waals surface area contributed by atoms with Gasteiger partial charge in [0.2, 0.25) is 0 Å². The third-order valence-corrected chi connectivity index (χ3v) is 3.60. The van der Waals surface area contributed by atoms with Gasteiger partial charge in [-0.15, -0.1) is 0 Å². The molecule has 0 saturated carbocycles. The Kier molecular flexibility index (Phi) is 3.95. The summed E-state index contributed by atoms with van der Waals surface area (Å²) in [5, 5.41) is 6.61. The lowest BCUT2D eigenvalue weighted by Crippen LogP contribution is -2.36. The van der Waals surface area contributed by atoms with Gasteiger partial charge in [-0.3, -0.25) is 0 Å². The van der Waals surface area contributed by atoms with Crippen molar-refractivity contribution in [2.24, 2.45) is 0 Å². The quantitative estimate of drug-likeness (QED) is 0.893. The molecule has 4 heteroatoms. The SMILES string of the molecule is CNC(c1cc(Br)ccc1F)C1CCCN1. The van der Waals surface area contributed by atoms with E-state index in [-0.39, 0.29) is 11.9 Å². The van der Waals surface area contributed by atoms with E-state index in [2.05, 4.69) is 26.6 Å². The normalized spacial score (nSPS) is 22.3. The van der Waals surface area contributed by atoms with Crippen LogP contribution in [0.15, 0.2) is 22.7 Å². The molecule has 0 spiro atoms. The molecule has 1 fully saturated rings. The lowest BCUT2D eigenvalue weighted by atomic mass is 9.98. The van der Waals surface area contributed by atoms with Crippen molar-refractivity contribution in [3.8, 4) is 0 Å². The van der Waals surface area contributed by atoms with Gasteiger partial charge in [-0.25, -0.2) is 4.39 Å². The fraction of sp³-hybridized carbons (Fsp3) is 0.500. The molecule has 2 atom stereocenters. The summed E-state index contributed by atoms with van der Waals surface area (Å²) in [6.07, 6.45) is 2.26. The summed E-state index contributed by atoms with van der Waals surface area (Å²) < 4.78 is 14.7. The van der Waals surface area contributed by atoms with Crippen LogP contribution in [0.1, 0.15) is 24.4 Å². The second kappa shape index (κ2) is 5.25. The monoisotopic (exact) mass is 286 g/mol. The van der Waals surface area contributed by atoms with E-state index in [0.29, 0.717) is 6.04 Å². The number of rotatable bonds is 3. The summed E-state index contributed by atoms with van der Waals surface area (Å²) in [6, 6.07) is 5.47. The maximum absolute atomic E-state index is 13.8. The number of hydrogen-bond acceptors (Lipinski definition) is 2. The zero-order valence-electron chi connectivity index (χ0n) is 9.26. The van der Waals surface area contributed by atoms with Gasteiger partial charge in [-0.05, 0) is 44.6 Å². The van der Waals surface area contributed by atoms with Crippen molar-refractivity contribution < 1.29 is 4.39 Å². The Morgan fingerprint density at radius 2 is 2.38 bits per heavy atom. The number of hydrogen-bond donors (Lipinski definition) is 2. The summed E-state index contributed by atoms with van der Waals surface area (Å²) in [5.74, 6) is -0.142. The fourth-order valence-electron chi connectivity index (χ4n) is 2.32. The van der Waals surface area contributed by atoms with Crippen LogP contribution in [-0.2, 0) is 0 Å². The van der Waals surface area contributed by atoms with Crippen molar-refractivity contribution in [3.63, 3.8) is 0 Å². The van der Waals surface area contributed by atoms with Crippen molar-refractivity contribution in [1.82, 2.24) is 10.6 Å². The van der Waals surface area contributed by atoms with Crippen molar-refractivity contribution in [2.75, 3.05) is 13.6 Å². The van der Waals surface area contributed by atoms with Gasteiger partial charge in [0, 0.05) is 16.1 Å². The van der Waals surface area contributed by atoms with Gasteiger partial charge in [0.15, 0.2) is 0 Å². The molecule has 16 heavy (non-hydrogen) atoms. The highest BCUT2D eigenvalue weighted by Gasteiger charge is 2.26. The van der Waals surface area contributed by atoms with Crippen molar-refractivity contribution in [1.29, 1.82) is 0 Å². The highest BCUT2D eigenvalue weighted by atomic mass is 79.9. The van der Waals surface area contributed by atoms with Gasteiger partial charge in [0.1, 0.15) is 5.82 Å². The summed E-state index contributed by atoms with van der Waals surface area (Å²) >= 11 is 3.39. The van der Waals surface area contributed by atoms with Crippen LogP contribution in [0.2, 0.25) is 0 Å². The zero-order chi connectivity index (χ0) is 11.5. The first-order valence-electron chi connectivity index (χ1n) is 5.58. The Hall–Kier alpha value is -0.450. The van der Waals surface area contributed by atoms with Crippen LogP contribution in [0.5, 0.6) is 0 Å². The molecule has 2 N–H and O–H groups in total. The van der Waals surface area contributed by atoms with Gasteiger partial charge in [0.05, 0.1) is 6.04 Å². The molecule has 0 aliphatic carbocycles. The predicted molar refractivity (Wildman–Crippen MR) is 66.9 cm³/mol. The number of nitrogens with one attached hydrogen (secondary N) is 2. The summed E-state index contributed by atoms with van der Waals surface area (Å²) in [7, 11) is 1.88. The van der Waals surface area contributed by atoms with Crippen molar-refractivity contribution in [3.05, 3.63) is 34.1 Å². The number of likely N-dealkylation sites (N-methyl/N-ethyl adjacent to an activating group) is 1. The van der Waals surface area contributed by atoms with Crippen LogP contribution >= 0.6 is 15.9 Å². The molecule has 0 amide bonds. The molecule has 1 heterocycles. The van der Waals surface area contributed by atoms with E-state index in [4.69, 9.17) is 0 Å². The number of halogens is 2. The predicted octanol–water partition coefficient (Wildman–Crippen LogP) is 2.60. The van der Waals surface area contributed by atoms with E-state index < -0.39 is 0 Å². The lowest BCUT2D eigenvalue weighted by Gasteiger charge is -2.24. The third-order valence-electron chi connectivity index (χ3n) is 3.10. The Morgan fingerprint density at radius 1 is 1.56 bits per heavy atom. The largest absolute Gasteiger partial charge is 0.312 e. The van der Waals surface area contributed by atoms with E-state index in [1.54, 1.807) is 6.07 Å². The molecule has 0 bridgehead atoms. The maximum atomic E-state index is 13.8. The summed E-state index contributed by atoms with van der Waals surface area (Å²) in [5.41, 5.74) is 0.733. The maximum Gasteiger partial charge on any atom is 0.128 e. The molecule has 88 valence electrons. The smallest absolute Gasteiger partial charge is 0.128 e. The van der Waals surface area contributed by atoms with Gasteiger partial charge in [0.25, 0.3) is 0 Å². The van der Waals surface area contributed by atoms with Gasteiger partial charge in [-0.1, -0.05) is 15.9 Å². The van der Waals surface area contributed by atoms with Crippen molar-refractivity contribution in [2.45, 2.75) is 24.9 Å². The fourth-order valence-corrected chi connectivity index (χ4v) is 2.70. The molecule has 0 aromatic heterocycles. The van der Waals surface area contributed by atoms with Crippen LogP contribution in [-0.4, -0.2) is 19.6 Å². The summed E-state index contributed by atoms with van der Waals surface area (Å²) in [6.45, 7) is 1.03. The van der Waals surface area contributed by atoms with Crippen LogP contribution in [0.25, 0.3) is 0 Å². The topological polar surface area (TPSA) is 24.1 Å². The van der Waals surface area contributed by atoms with Crippen LogP contribution in [0.4, 0.5) is 4.39 Å². The molecule has 2 rings (SSSR count). The molecule has 2 unspecified atom stereocenters. The highest BCUT2D eigenvalue weighted by molar-refractivity contribution is 9.10. The van der Waals surface area contributed by atoms with Crippen molar-refractivity contribution >= 4 is 15.9 Å². The Bertz CT molecular complexity index is 364. The first-order chi connectivity index (χ1) is 7.72. The number of benzene rings is 1. The minimum atomic E-state index is -0.142. The lowest BCUT2D eigenvalue weighted by molar-refractivity contribution is 0.424. The van der Waals surface area contributed by atoms with Crippen LogP contribution in [0.3, 0.4) is 0 Å². The molecular weight excluding hydrogens is 271 g/mol. The molecule has 0 radical (unpaired) electrons.